The molecule has 2 fully saturated rings. The first kappa shape index (κ1) is 12.4. The van der Waals surface area contributed by atoms with Crippen LogP contribution in [0.5, 0.6) is 0 Å². The molecule has 16 heavy (non-hydrogen) atoms. The molecule has 2 rings (SSSR count). The van der Waals surface area contributed by atoms with Gasteiger partial charge < -0.3 is 5.32 Å². The number of hydrogen-bond donors (Lipinski definition) is 1. The summed E-state index contributed by atoms with van der Waals surface area (Å²) in [4.78, 5) is 2.75. The van der Waals surface area contributed by atoms with Crippen LogP contribution in [0.1, 0.15) is 52.9 Å². The molecule has 1 atom stereocenters. The maximum atomic E-state index is 3.66. The van der Waals surface area contributed by atoms with Gasteiger partial charge in [-0.15, -0.1) is 0 Å². The third-order valence-electron chi connectivity index (χ3n) is 4.11. The fourth-order valence-electron chi connectivity index (χ4n) is 2.98. The highest BCUT2D eigenvalue weighted by molar-refractivity contribution is 4.89. The van der Waals surface area contributed by atoms with Gasteiger partial charge in [-0.3, -0.25) is 4.90 Å². The molecule has 1 saturated carbocycles. The Morgan fingerprint density at radius 2 is 2.12 bits per heavy atom. The topological polar surface area (TPSA) is 15.3 Å². The van der Waals surface area contributed by atoms with E-state index >= 15 is 0 Å². The van der Waals surface area contributed by atoms with Gasteiger partial charge in [-0.1, -0.05) is 19.8 Å². The van der Waals surface area contributed by atoms with Crippen molar-refractivity contribution in [2.75, 3.05) is 19.6 Å². The molecular weight excluding hydrogens is 196 g/mol. The van der Waals surface area contributed by atoms with Gasteiger partial charge in [0.15, 0.2) is 0 Å². The van der Waals surface area contributed by atoms with E-state index in [2.05, 4.69) is 31.0 Å². The lowest BCUT2D eigenvalue weighted by atomic mass is 10.0. The van der Waals surface area contributed by atoms with Gasteiger partial charge in [0.1, 0.15) is 0 Å². The van der Waals surface area contributed by atoms with Crippen LogP contribution in [0, 0.1) is 5.92 Å². The van der Waals surface area contributed by atoms with E-state index in [-0.39, 0.29) is 0 Å². The maximum absolute atomic E-state index is 3.66. The van der Waals surface area contributed by atoms with Crippen LogP contribution in [-0.4, -0.2) is 36.1 Å². The van der Waals surface area contributed by atoms with Crippen LogP contribution in [0.2, 0.25) is 0 Å². The zero-order chi connectivity index (χ0) is 11.6. The third-order valence-corrected chi connectivity index (χ3v) is 4.11. The summed E-state index contributed by atoms with van der Waals surface area (Å²) >= 11 is 0. The van der Waals surface area contributed by atoms with Crippen LogP contribution in [-0.2, 0) is 0 Å². The van der Waals surface area contributed by atoms with Gasteiger partial charge in [0.05, 0.1) is 0 Å². The minimum atomic E-state index is 0.299. The molecule has 1 saturated heterocycles. The molecule has 0 spiro atoms. The maximum Gasteiger partial charge on any atom is 0.0252 e. The van der Waals surface area contributed by atoms with Gasteiger partial charge in [0.2, 0.25) is 0 Å². The summed E-state index contributed by atoms with van der Waals surface area (Å²) < 4.78 is 0. The van der Waals surface area contributed by atoms with E-state index in [1.54, 1.807) is 0 Å². The first-order valence-corrected chi connectivity index (χ1v) is 7.10. The number of rotatable bonds is 4. The summed E-state index contributed by atoms with van der Waals surface area (Å²) in [5.41, 5.74) is 0.299. The zero-order valence-electron chi connectivity index (χ0n) is 11.3. The Balaban J connectivity index is 1.92. The summed E-state index contributed by atoms with van der Waals surface area (Å²) in [6, 6.07) is 0.840. The van der Waals surface area contributed by atoms with Crippen LogP contribution in [0.3, 0.4) is 0 Å². The number of hydrogen-bond acceptors (Lipinski definition) is 2. The normalized spacial score (nSPS) is 28.7. The monoisotopic (exact) mass is 224 g/mol. The molecule has 2 aliphatic rings. The predicted molar refractivity (Wildman–Crippen MR) is 69.7 cm³/mol. The van der Waals surface area contributed by atoms with Gasteiger partial charge in [-0.25, -0.2) is 0 Å². The zero-order valence-corrected chi connectivity index (χ0v) is 11.3. The van der Waals surface area contributed by atoms with Crippen LogP contribution >= 0.6 is 0 Å². The fraction of sp³-hybridized carbons (Fsp3) is 1.00. The molecule has 1 aliphatic carbocycles. The van der Waals surface area contributed by atoms with E-state index in [1.165, 1.54) is 51.7 Å². The van der Waals surface area contributed by atoms with Crippen molar-refractivity contribution in [3.8, 4) is 0 Å². The van der Waals surface area contributed by atoms with Gasteiger partial charge in [-0.05, 0) is 52.1 Å². The predicted octanol–water partition coefficient (Wildman–Crippen LogP) is 2.64. The van der Waals surface area contributed by atoms with Crippen molar-refractivity contribution >= 4 is 0 Å². The smallest absolute Gasteiger partial charge is 0.0252 e. The van der Waals surface area contributed by atoms with Crippen molar-refractivity contribution < 1.29 is 0 Å². The van der Waals surface area contributed by atoms with Gasteiger partial charge in [0.25, 0.3) is 0 Å². The minimum Gasteiger partial charge on any atom is -0.310 e. The van der Waals surface area contributed by atoms with E-state index in [0.717, 1.165) is 12.0 Å². The van der Waals surface area contributed by atoms with Gasteiger partial charge in [-0.2, -0.15) is 0 Å². The lowest BCUT2D eigenvalue weighted by Gasteiger charge is -2.35. The van der Waals surface area contributed by atoms with Crippen molar-refractivity contribution in [3.05, 3.63) is 0 Å². The Bertz CT molecular complexity index is 221. The molecule has 0 bridgehead atoms. The van der Waals surface area contributed by atoms with E-state index in [9.17, 15) is 0 Å². The van der Waals surface area contributed by atoms with Crippen LogP contribution in [0.4, 0.5) is 0 Å². The first-order valence-electron chi connectivity index (χ1n) is 7.10. The summed E-state index contributed by atoms with van der Waals surface area (Å²) in [5.74, 6) is 1.06. The summed E-state index contributed by atoms with van der Waals surface area (Å²) in [7, 11) is 0. The Morgan fingerprint density at radius 1 is 1.38 bits per heavy atom. The quantitative estimate of drug-likeness (QED) is 0.790. The van der Waals surface area contributed by atoms with Crippen molar-refractivity contribution in [1.82, 2.24) is 10.2 Å². The molecule has 2 heteroatoms. The molecule has 94 valence electrons. The third kappa shape index (κ3) is 3.46. The largest absolute Gasteiger partial charge is 0.310 e. The highest BCUT2D eigenvalue weighted by Crippen LogP contribution is 2.35. The molecule has 1 aliphatic heterocycles. The molecule has 0 radical (unpaired) electrons. The second-order valence-electron chi connectivity index (χ2n) is 6.38. The van der Waals surface area contributed by atoms with E-state index in [4.69, 9.17) is 0 Å². The molecule has 2 nitrogen and oxygen atoms in total. The SMILES string of the molecule is CCC(CC1CC1)N1CCCNC(C)(C)C1. The average Bonchev–Trinajstić information content (AvgIpc) is 3.02. The van der Waals surface area contributed by atoms with Gasteiger partial charge in [0, 0.05) is 18.1 Å². The second kappa shape index (κ2) is 5.05. The molecular formula is C14H28N2. The summed E-state index contributed by atoms with van der Waals surface area (Å²) in [6.45, 7) is 10.7. The Hall–Kier alpha value is -0.0800. The lowest BCUT2D eigenvalue weighted by molar-refractivity contribution is 0.152. The number of nitrogens with zero attached hydrogens (tertiary/aromatic N) is 1. The lowest BCUT2D eigenvalue weighted by Crippen LogP contribution is -2.49. The highest BCUT2D eigenvalue weighted by Gasteiger charge is 2.31. The molecule has 0 aromatic heterocycles. The Kier molecular flexibility index (Phi) is 3.91. The second-order valence-corrected chi connectivity index (χ2v) is 6.38. The Labute approximate surface area is 101 Å². The van der Waals surface area contributed by atoms with Crippen LogP contribution in [0.15, 0.2) is 0 Å². The van der Waals surface area contributed by atoms with E-state index in [0.29, 0.717) is 5.54 Å². The highest BCUT2D eigenvalue weighted by atomic mass is 15.2. The van der Waals surface area contributed by atoms with E-state index in [1.807, 2.05) is 0 Å². The molecule has 0 aromatic rings. The van der Waals surface area contributed by atoms with Gasteiger partial charge >= 0.3 is 0 Å². The summed E-state index contributed by atoms with van der Waals surface area (Å²) in [5, 5.41) is 3.66. The first-order chi connectivity index (χ1) is 7.61. The standard InChI is InChI=1S/C14H28N2/c1-4-13(10-12-6-7-12)16-9-5-8-15-14(2,3)11-16/h12-13,15H,4-11H2,1-3H3. The molecule has 1 heterocycles. The molecule has 1 unspecified atom stereocenters. The molecule has 0 amide bonds. The van der Waals surface area contributed by atoms with E-state index < -0.39 is 0 Å². The van der Waals surface area contributed by atoms with Crippen molar-refractivity contribution in [1.29, 1.82) is 0 Å². The Morgan fingerprint density at radius 3 is 2.75 bits per heavy atom. The van der Waals surface area contributed by atoms with Crippen molar-refractivity contribution in [2.24, 2.45) is 5.92 Å². The number of nitrogens with one attached hydrogen (secondary N) is 1. The molecule has 0 aromatic carbocycles. The van der Waals surface area contributed by atoms with Crippen molar-refractivity contribution in [3.63, 3.8) is 0 Å². The van der Waals surface area contributed by atoms with Crippen LogP contribution < -0.4 is 5.32 Å². The van der Waals surface area contributed by atoms with Crippen molar-refractivity contribution in [2.45, 2.75) is 64.5 Å². The summed E-state index contributed by atoms with van der Waals surface area (Å²) in [6.07, 6.45) is 7.07. The van der Waals surface area contributed by atoms with Crippen LogP contribution in [0.25, 0.3) is 0 Å². The minimum absolute atomic E-state index is 0.299. The molecule has 1 N–H and O–H groups in total. The fourth-order valence-corrected chi connectivity index (χ4v) is 2.98. The average molecular weight is 224 g/mol.